The van der Waals surface area contributed by atoms with E-state index < -0.39 is 11.6 Å². The van der Waals surface area contributed by atoms with Crippen LogP contribution in [0.25, 0.3) is 5.69 Å². The molecule has 0 amide bonds. The van der Waals surface area contributed by atoms with Crippen LogP contribution in [0.4, 0.5) is 8.78 Å². The van der Waals surface area contributed by atoms with Crippen molar-refractivity contribution < 1.29 is 8.78 Å². The highest BCUT2D eigenvalue weighted by Crippen LogP contribution is 2.21. The van der Waals surface area contributed by atoms with E-state index in [-0.39, 0.29) is 5.69 Å². The molecule has 1 N–H and O–H groups in total. The van der Waals surface area contributed by atoms with E-state index in [1.807, 2.05) is 20.8 Å². The van der Waals surface area contributed by atoms with Crippen LogP contribution in [-0.2, 0) is 19.4 Å². The first-order valence-corrected chi connectivity index (χ1v) is 7.24. The molecule has 0 radical (unpaired) electrons. The number of nitrogens with one attached hydrogen (secondary N) is 1. The topological polar surface area (TPSA) is 42.7 Å². The van der Waals surface area contributed by atoms with Gasteiger partial charge in [-0.3, -0.25) is 0 Å². The summed E-state index contributed by atoms with van der Waals surface area (Å²) in [5.41, 5.74) is 0.420. The molecule has 1 aromatic carbocycles. The van der Waals surface area contributed by atoms with Gasteiger partial charge in [-0.25, -0.2) is 18.4 Å². The average Bonchev–Trinajstić information content (AvgIpc) is 2.87. The molecule has 0 unspecified atom stereocenters. The fourth-order valence-electron chi connectivity index (χ4n) is 2.14. The smallest absolute Gasteiger partial charge is 0.152 e. The van der Waals surface area contributed by atoms with Crippen LogP contribution in [0.1, 0.15) is 38.0 Å². The van der Waals surface area contributed by atoms with Crippen molar-refractivity contribution in [3.05, 3.63) is 41.0 Å². The van der Waals surface area contributed by atoms with Crippen molar-refractivity contribution >= 4 is 0 Å². The van der Waals surface area contributed by atoms with E-state index in [4.69, 9.17) is 0 Å². The maximum atomic E-state index is 14.3. The number of nitrogens with zero attached hydrogens (tertiary/aromatic N) is 3. The third-order valence-corrected chi connectivity index (χ3v) is 3.22. The van der Waals surface area contributed by atoms with Crippen molar-refractivity contribution in [1.82, 2.24) is 20.1 Å². The number of aromatic nitrogens is 3. The monoisotopic (exact) mass is 294 g/mol. The second kappa shape index (κ2) is 6.76. The zero-order valence-electron chi connectivity index (χ0n) is 12.6. The van der Waals surface area contributed by atoms with Crippen LogP contribution in [-0.4, -0.2) is 21.3 Å². The molecule has 2 rings (SSSR count). The molecule has 0 saturated heterocycles. The summed E-state index contributed by atoms with van der Waals surface area (Å²) in [5.74, 6) is -0.0956. The SMILES string of the molecule is CCNCc1cc(F)c(-n2nc(CC)nc2CC)c(F)c1. The molecule has 1 heterocycles. The fourth-order valence-corrected chi connectivity index (χ4v) is 2.14. The zero-order valence-corrected chi connectivity index (χ0v) is 12.6. The van der Waals surface area contributed by atoms with Gasteiger partial charge < -0.3 is 5.32 Å². The Bertz CT molecular complexity index is 599. The van der Waals surface area contributed by atoms with Crippen LogP contribution < -0.4 is 5.32 Å². The number of hydrogen-bond donors (Lipinski definition) is 1. The van der Waals surface area contributed by atoms with E-state index >= 15 is 0 Å². The number of benzene rings is 1. The Balaban J connectivity index is 2.46. The summed E-state index contributed by atoms with van der Waals surface area (Å²) >= 11 is 0. The minimum Gasteiger partial charge on any atom is -0.313 e. The molecule has 0 saturated carbocycles. The Hall–Kier alpha value is -1.82. The molecule has 0 atom stereocenters. The largest absolute Gasteiger partial charge is 0.313 e. The summed E-state index contributed by atoms with van der Waals surface area (Å²) < 4.78 is 29.9. The van der Waals surface area contributed by atoms with Crippen LogP contribution in [0.3, 0.4) is 0 Å². The first-order valence-electron chi connectivity index (χ1n) is 7.24. The standard InChI is InChI=1S/C15H20F2N4/c1-4-13-19-14(5-2)21(20-13)15-11(16)7-10(8-12(15)17)9-18-6-3/h7-8,18H,4-6,9H2,1-3H3. The molecule has 0 bridgehead atoms. The predicted molar refractivity (Wildman–Crippen MR) is 77.4 cm³/mol. The molecular weight excluding hydrogens is 274 g/mol. The lowest BCUT2D eigenvalue weighted by Crippen LogP contribution is -2.14. The van der Waals surface area contributed by atoms with Crippen LogP contribution in [0, 0.1) is 11.6 Å². The molecule has 0 aliphatic heterocycles. The number of hydrogen-bond acceptors (Lipinski definition) is 3. The highest BCUT2D eigenvalue weighted by molar-refractivity contribution is 5.38. The molecule has 2 aromatic rings. The van der Waals surface area contributed by atoms with Crippen molar-refractivity contribution in [2.24, 2.45) is 0 Å². The summed E-state index contributed by atoms with van der Waals surface area (Å²) in [6, 6.07) is 2.68. The van der Waals surface area contributed by atoms with Gasteiger partial charge in [-0.1, -0.05) is 20.8 Å². The molecule has 0 aliphatic carbocycles. The Morgan fingerprint density at radius 1 is 1.10 bits per heavy atom. The third kappa shape index (κ3) is 3.26. The van der Waals surface area contributed by atoms with Crippen molar-refractivity contribution in [3.8, 4) is 5.69 Å². The lowest BCUT2D eigenvalue weighted by atomic mass is 10.2. The van der Waals surface area contributed by atoms with Gasteiger partial charge in [-0.2, -0.15) is 5.10 Å². The Kier molecular flexibility index (Phi) is 5.01. The molecule has 21 heavy (non-hydrogen) atoms. The average molecular weight is 294 g/mol. The lowest BCUT2D eigenvalue weighted by Gasteiger charge is -2.10. The van der Waals surface area contributed by atoms with E-state index in [1.54, 1.807) is 0 Å². The summed E-state index contributed by atoms with van der Waals surface area (Å²) in [6.07, 6.45) is 1.19. The number of rotatable bonds is 6. The van der Waals surface area contributed by atoms with Crippen molar-refractivity contribution in [1.29, 1.82) is 0 Å². The highest BCUT2D eigenvalue weighted by atomic mass is 19.1. The van der Waals surface area contributed by atoms with E-state index in [0.29, 0.717) is 36.6 Å². The van der Waals surface area contributed by atoms with E-state index in [0.717, 1.165) is 6.54 Å². The molecular formula is C15H20F2N4. The maximum absolute atomic E-state index is 14.3. The van der Waals surface area contributed by atoms with Gasteiger partial charge in [0.2, 0.25) is 0 Å². The summed E-state index contributed by atoms with van der Waals surface area (Å²) in [6.45, 7) is 6.91. The molecule has 0 aliphatic rings. The maximum Gasteiger partial charge on any atom is 0.152 e. The van der Waals surface area contributed by atoms with E-state index in [2.05, 4.69) is 15.4 Å². The van der Waals surface area contributed by atoms with Gasteiger partial charge in [0.1, 0.15) is 11.5 Å². The first-order chi connectivity index (χ1) is 10.1. The van der Waals surface area contributed by atoms with Gasteiger partial charge in [-0.05, 0) is 24.2 Å². The van der Waals surface area contributed by atoms with Gasteiger partial charge in [0.05, 0.1) is 0 Å². The molecule has 4 nitrogen and oxygen atoms in total. The predicted octanol–water partition coefficient (Wildman–Crippen LogP) is 2.78. The molecule has 0 fully saturated rings. The Morgan fingerprint density at radius 3 is 2.29 bits per heavy atom. The quantitative estimate of drug-likeness (QED) is 0.891. The fraction of sp³-hybridized carbons (Fsp3) is 0.467. The van der Waals surface area contributed by atoms with Crippen molar-refractivity contribution in [2.75, 3.05) is 6.54 Å². The van der Waals surface area contributed by atoms with Crippen LogP contribution in [0.2, 0.25) is 0 Å². The molecule has 0 spiro atoms. The number of aryl methyl sites for hydroxylation is 2. The van der Waals surface area contributed by atoms with Crippen molar-refractivity contribution in [2.45, 2.75) is 40.2 Å². The highest BCUT2D eigenvalue weighted by Gasteiger charge is 2.18. The summed E-state index contributed by atoms with van der Waals surface area (Å²) in [4.78, 5) is 4.28. The van der Waals surface area contributed by atoms with Crippen LogP contribution in [0.15, 0.2) is 12.1 Å². The minimum absolute atomic E-state index is 0.153. The summed E-state index contributed by atoms with van der Waals surface area (Å²) in [7, 11) is 0. The van der Waals surface area contributed by atoms with E-state index in [1.165, 1.54) is 16.8 Å². The second-order valence-electron chi connectivity index (χ2n) is 4.75. The normalized spacial score (nSPS) is 11.1. The molecule has 114 valence electrons. The van der Waals surface area contributed by atoms with E-state index in [9.17, 15) is 8.78 Å². The van der Waals surface area contributed by atoms with Gasteiger partial charge in [-0.15, -0.1) is 0 Å². The van der Waals surface area contributed by atoms with Gasteiger partial charge in [0.25, 0.3) is 0 Å². The van der Waals surface area contributed by atoms with Gasteiger partial charge in [0, 0.05) is 19.4 Å². The lowest BCUT2D eigenvalue weighted by molar-refractivity contribution is 0.549. The molecule has 6 heteroatoms. The van der Waals surface area contributed by atoms with Crippen LogP contribution in [0.5, 0.6) is 0 Å². The Labute approximate surface area is 123 Å². The van der Waals surface area contributed by atoms with Crippen molar-refractivity contribution in [3.63, 3.8) is 0 Å². The second-order valence-corrected chi connectivity index (χ2v) is 4.75. The Morgan fingerprint density at radius 2 is 1.76 bits per heavy atom. The third-order valence-electron chi connectivity index (χ3n) is 3.22. The zero-order chi connectivity index (χ0) is 15.4. The first kappa shape index (κ1) is 15.6. The van der Waals surface area contributed by atoms with Crippen LogP contribution >= 0.6 is 0 Å². The van der Waals surface area contributed by atoms with Gasteiger partial charge in [0.15, 0.2) is 17.5 Å². The minimum atomic E-state index is -0.620. The number of halogens is 2. The molecule has 1 aromatic heterocycles. The summed E-state index contributed by atoms with van der Waals surface area (Å²) in [5, 5.41) is 7.24. The van der Waals surface area contributed by atoms with Gasteiger partial charge >= 0.3 is 0 Å².